The summed E-state index contributed by atoms with van der Waals surface area (Å²) >= 11 is 1.23. The van der Waals surface area contributed by atoms with Crippen LogP contribution >= 0.6 is 11.3 Å². The predicted octanol–water partition coefficient (Wildman–Crippen LogP) is 4.62. The quantitative estimate of drug-likeness (QED) is 0.528. The summed E-state index contributed by atoms with van der Waals surface area (Å²) in [5, 5.41) is 12.1. The number of carbonyl (C=O) groups is 1. The summed E-state index contributed by atoms with van der Waals surface area (Å²) < 4.78 is 27.9. The van der Waals surface area contributed by atoms with E-state index in [0.717, 1.165) is 36.8 Å². The molecule has 0 unspecified atom stereocenters. The van der Waals surface area contributed by atoms with Crippen LogP contribution in [0.5, 0.6) is 0 Å². The second-order valence-corrected chi connectivity index (χ2v) is 11.3. The van der Waals surface area contributed by atoms with Crippen molar-refractivity contribution in [3.8, 4) is 0 Å². The van der Waals surface area contributed by atoms with Crippen LogP contribution in [0.25, 0.3) is 0 Å². The van der Waals surface area contributed by atoms with Gasteiger partial charge in [0.2, 0.25) is 15.0 Å². The van der Waals surface area contributed by atoms with Gasteiger partial charge in [0.15, 0.2) is 0 Å². The van der Waals surface area contributed by atoms with Crippen LogP contribution in [0.1, 0.15) is 58.0 Å². The number of aryl methyl sites for hydroxylation is 2. The zero-order chi connectivity index (χ0) is 23.4. The maximum Gasteiger partial charge on any atom is 0.286 e. The van der Waals surface area contributed by atoms with Crippen LogP contribution < -0.4 is 5.32 Å². The zero-order valence-electron chi connectivity index (χ0n) is 18.8. The van der Waals surface area contributed by atoms with Gasteiger partial charge in [-0.1, -0.05) is 54.5 Å². The Bertz CT molecular complexity index is 1210. The van der Waals surface area contributed by atoms with E-state index in [0.29, 0.717) is 28.7 Å². The molecule has 2 aromatic carbocycles. The van der Waals surface area contributed by atoms with Crippen molar-refractivity contribution in [1.82, 2.24) is 14.5 Å². The Morgan fingerprint density at radius 2 is 1.85 bits per heavy atom. The van der Waals surface area contributed by atoms with E-state index in [9.17, 15) is 13.2 Å². The van der Waals surface area contributed by atoms with Gasteiger partial charge in [0.1, 0.15) is 5.01 Å². The third-order valence-electron chi connectivity index (χ3n) is 5.78. The van der Waals surface area contributed by atoms with E-state index in [1.807, 2.05) is 43.3 Å². The van der Waals surface area contributed by atoms with Gasteiger partial charge in [-0.25, -0.2) is 8.42 Å². The average Bonchev–Trinajstić information content (AvgIpc) is 3.32. The minimum absolute atomic E-state index is 0.0775. The van der Waals surface area contributed by atoms with E-state index < -0.39 is 10.0 Å². The molecule has 1 atom stereocenters. The molecular weight excluding hydrogens is 456 g/mol. The van der Waals surface area contributed by atoms with Gasteiger partial charge in [0.25, 0.3) is 5.91 Å². The van der Waals surface area contributed by atoms with Crippen molar-refractivity contribution in [3.63, 3.8) is 0 Å². The van der Waals surface area contributed by atoms with Gasteiger partial charge < -0.3 is 5.32 Å². The molecule has 1 saturated heterocycles. The third-order valence-corrected chi connectivity index (χ3v) is 8.74. The standard InChI is InChI=1S/C24H28N4O3S2/c1-3-5-18-9-13-21(14-10-18)33(30,31)28-15-4-6-19(16-28)23-26-27-24(32-23)22(29)25-20-11-7-17(2)8-12-20/h7-14,19H,3-6,15-16H2,1-2H3,(H,25,29)/t19-/m0/s1. The van der Waals surface area contributed by atoms with Crippen LogP contribution in [-0.2, 0) is 16.4 Å². The SMILES string of the molecule is CCCc1ccc(S(=O)(=O)N2CCC[C@H](c3nnc(C(=O)Nc4ccc(C)cc4)s3)C2)cc1. The summed E-state index contributed by atoms with van der Waals surface area (Å²) in [5.41, 5.74) is 2.94. The molecule has 7 nitrogen and oxygen atoms in total. The number of anilines is 1. The zero-order valence-corrected chi connectivity index (χ0v) is 20.5. The predicted molar refractivity (Wildman–Crippen MR) is 130 cm³/mol. The number of piperidine rings is 1. The molecule has 0 radical (unpaired) electrons. The number of aromatic nitrogens is 2. The van der Waals surface area contributed by atoms with Crippen LogP contribution in [-0.4, -0.2) is 41.9 Å². The monoisotopic (exact) mass is 484 g/mol. The molecule has 0 spiro atoms. The van der Waals surface area contributed by atoms with E-state index in [-0.39, 0.29) is 16.8 Å². The Kier molecular flexibility index (Phi) is 7.21. The molecule has 1 N–H and O–H groups in total. The smallest absolute Gasteiger partial charge is 0.286 e. The fraction of sp³-hybridized carbons (Fsp3) is 0.375. The molecular formula is C24H28N4O3S2. The van der Waals surface area contributed by atoms with Crippen LogP contribution in [0, 0.1) is 6.92 Å². The highest BCUT2D eigenvalue weighted by Gasteiger charge is 2.32. The van der Waals surface area contributed by atoms with E-state index >= 15 is 0 Å². The van der Waals surface area contributed by atoms with Gasteiger partial charge in [-0.05, 0) is 56.0 Å². The molecule has 1 aliphatic rings. The van der Waals surface area contributed by atoms with E-state index in [4.69, 9.17) is 0 Å². The Balaban J connectivity index is 1.44. The lowest BCUT2D eigenvalue weighted by Gasteiger charge is -2.30. The second-order valence-electron chi connectivity index (χ2n) is 8.36. The Hall–Kier alpha value is -2.62. The molecule has 1 amide bonds. The highest BCUT2D eigenvalue weighted by molar-refractivity contribution is 7.89. The number of carbonyl (C=O) groups excluding carboxylic acids is 1. The molecule has 174 valence electrons. The summed E-state index contributed by atoms with van der Waals surface area (Å²) in [7, 11) is -3.58. The second kappa shape index (κ2) is 10.1. The van der Waals surface area contributed by atoms with Gasteiger partial charge in [-0.3, -0.25) is 4.79 Å². The van der Waals surface area contributed by atoms with Crippen molar-refractivity contribution >= 4 is 33.0 Å². The van der Waals surface area contributed by atoms with Crippen LogP contribution in [0.3, 0.4) is 0 Å². The lowest BCUT2D eigenvalue weighted by Crippen LogP contribution is -2.39. The molecule has 1 aromatic heterocycles. The number of rotatable bonds is 7. The molecule has 33 heavy (non-hydrogen) atoms. The first-order valence-corrected chi connectivity index (χ1v) is 13.4. The topological polar surface area (TPSA) is 92.3 Å². The summed E-state index contributed by atoms with van der Waals surface area (Å²) in [6.45, 7) is 4.91. The molecule has 1 fully saturated rings. The van der Waals surface area contributed by atoms with Crippen molar-refractivity contribution in [1.29, 1.82) is 0 Å². The van der Waals surface area contributed by atoms with E-state index in [1.54, 1.807) is 12.1 Å². The van der Waals surface area contributed by atoms with Crippen molar-refractivity contribution < 1.29 is 13.2 Å². The molecule has 1 aliphatic heterocycles. The number of hydrogen-bond acceptors (Lipinski definition) is 6. The Morgan fingerprint density at radius 1 is 1.12 bits per heavy atom. The number of benzene rings is 2. The largest absolute Gasteiger partial charge is 0.320 e. The van der Waals surface area contributed by atoms with Crippen LogP contribution in [0.15, 0.2) is 53.4 Å². The first-order chi connectivity index (χ1) is 15.9. The molecule has 2 heterocycles. The highest BCUT2D eigenvalue weighted by atomic mass is 32.2. The van der Waals surface area contributed by atoms with Gasteiger partial charge in [0, 0.05) is 24.7 Å². The first kappa shape index (κ1) is 23.5. The van der Waals surface area contributed by atoms with Crippen molar-refractivity contribution in [2.24, 2.45) is 0 Å². The number of nitrogens with one attached hydrogen (secondary N) is 1. The normalized spacial score (nSPS) is 17.1. The van der Waals surface area contributed by atoms with E-state index in [1.165, 1.54) is 15.6 Å². The fourth-order valence-corrected chi connectivity index (χ4v) is 6.33. The number of nitrogens with zero attached hydrogens (tertiary/aromatic N) is 3. The molecule has 0 bridgehead atoms. The van der Waals surface area contributed by atoms with Crippen molar-refractivity contribution in [3.05, 3.63) is 69.7 Å². The fourth-order valence-electron chi connectivity index (χ4n) is 3.94. The molecule has 3 aromatic rings. The van der Waals surface area contributed by atoms with Crippen molar-refractivity contribution in [2.45, 2.75) is 50.3 Å². The highest BCUT2D eigenvalue weighted by Crippen LogP contribution is 2.32. The molecule has 9 heteroatoms. The lowest BCUT2D eigenvalue weighted by atomic mass is 10.0. The van der Waals surface area contributed by atoms with Gasteiger partial charge in [0.05, 0.1) is 4.90 Å². The Labute approximate surface area is 198 Å². The minimum atomic E-state index is -3.58. The van der Waals surface area contributed by atoms with Crippen LogP contribution in [0.2, 0.25) is 0 Å². The molecule has 0 aliphatic carbocycles. The van der Waals surface area contributed by atoms with Gasteiger partial charge >= 0.3 is 0 Å². The van der Waals surface area contributed by atoms with E-state index in [2.05, 4.69) is 22.4 Å². The van der Waals surface area contributed by atoms with Gasteiger partial charge in [-0.2, -0.15) is 4.31 Å². The number of amides is 1. The Morgan fingerprint density at radius 3 is 2.55 bits per heavy atom. The molecule has 4 rings (SSSR count). The minimum Gasteiger partial charge on any atom is -0.320 e. The summed E-state index contributed by atoms with van der Waals surface area (Å²) in [6, 6.07) is 14.7. The lowest BCUT2D eigenvalue weighted by molar-refractivity contribution is 0.102. The summed E-state index contributed by atoms with van der Waals surface area (Å²) in [4.78, 5) is 12.9. The summed E-state index contributed by atoms with van der Waals surface area (Å²) in [6.07, 6.45) is 3.51. The maximum absolute atomic E-state index is 13.2. The third kappa shape index (κ3) is 5.48. The average molecular weight is 485 g/mol. The molecule has 0 saturated carbocycles. The first-order valence-electron chi connectivity index (χ1n) is 11.2. The van der Waals surface area contributed by atoms with Gasteiger partial charge in [-0.15, -0.1) is 10.2 Å². The number of hydrogen-bond donors (Lipinski definition) is 1. The summed E-state index contributed by atoms with van der Waals surface area (Å²) in [5.74, 6) is -0.388. The maximum atomic E-state index is 13.2. The number of sulfonamides is 1. The van der Waals surface area contributed by atoms with Crippen LogP contribution in [0.4, 0.5) is 5.69 Å². The van der Waals surface area contributed by atoms with Crippen molar-refractivity contribution in [2.75, 3.05) is 18.4 Å².